The monoisotopic (exact) mass is 306 g/mol. The van der Waals surface area contributed by atoms with Crippen molar-refractivity contribution in [3.63, 3.8) is 0 Å². The molecule has 21 heavy (non-hydrogen) atoms. The molecule has 0 bridgehead atoms. The number of sulfonamides is 1. The van der Waals surface area contributed by atoms with Crippen LogP contribution in [0.3, 0.4) is 0 Å². The molecule has 0 aromatic heterocycles. The minimum atomic E-state index is -3.43. The van der Waals surface area contributed by atoms with Gasteiger partial charge in [-0.25, -0.2) is 8.42 Å². The third kappa shape index (κ3) is 4.77. The topological polar surface area (TPSA) is 67.4 Å². The van der Waals surface area contributed by atoms with E-state index in [0.717, 1.165) is 5.69 Å². The van der Waals surface area contributed by atoms with Crippen molar-refractivity contribution >= 4 is 27.1 Å². The van der Waals surface area contributed by atoms with Gasteiger partial charge in [0.05, 0.1) is 23.7 Å². The van der Waals surface area contributed by atoms with Gasteiger partial charge in [0, 0.05) is 12.8 Å². The average Bonchev–Trinajstić information content (AvgIpc) is 2.48. The number of nitrogens with one attached hydrogen (secondary N) is 2. The molecule has 0 fully saturated rings. The first-order valence-electron chi connectivity index (χ1n) is 6.51. The molecule has 0 heterocycles. The summed E-state index contributed by atoms with van der Waals surface area (Å²) in [7, 11) is -1.95. The van der Waals surface area contributed by atoms with Crippen molar-refractivity contribution in [1.82, 2.24) is 0 Å². The van der Waals surface area contributed by atoms with E-state index in [2.05, 4.69) is 10.0 Å². The lowest BCUT2D eigenvalue weighted by molar-refractivity contribution is 0.217. The van der Waals surface area contributed by atoms with Crippen LogP contribution >= 0.6 is 0 Å². The Morgan fingerprint density at radius 3 is 2.24 bits per heavy atom. The normalized spacial score (nSPS) is 11.1. The largest absolute Gasteiger partial charge is 0.384 e. The van der Waals surface area contributed by atoms with Crippen LogP contribution < -0.4 is 10.0 Å². The second kappa shape index (κ2) is 7.10. The van der Waals surface area contributed by atoms with Crippen LogP contribution in [0.25, 0.3) is 0 Å². The van der Waals surface area contributed by atoms with Crippen molar-refractivity contribution in [3.8, 4) is 0 Å². The molecule has 0 atom stereocenters. The summed E-state index contributed by atoms with van der Waals surface area (Å²) in [6, 6.07) is 16.7. The summed E-state index contributed by atoms with van der Waals surface area (Å²) in [6.07, 6.45) is 0. The van der Waals surface area contributed by atoms with Gasteiger partial charge in [-0.3, -0.25) is 4.72 Å². The van der Waals surface area contributed by atoms with Crippen LogP contribution in [0.5, 0.6) is 0 Å². The highest BCUT2D eigenvalue weighted by Crippen LogP contribution is 2.25. The van der Waals surface area contributed by atoms with E-state index in [1.165, 1.54) is 7.11 Å². The molecule has 0 aliphatic rings. The van der Waals surface area contributed by atoms with Gasteiger partial charge in [-0.15, -0.1) is 0 Å². The van der Waals surface area contributed by atoms with E-state index in [4.69, 9.17) is 4.74 Å². The molecule has 6 heteroatoms. The van der Waals surface area contributed by atoms with Gasteiger partial charge in [-0.2, -0.15) is 0 Å². The molecule has 2 N–H and O–H groups in total. The fourth-order valence-electron chi connectivity index (χ4n) is 1.77. The molecule has 2 rings (SSSR count). The summed E-state index contributed by atoms with van der Waals surface area (Å²) in [5.74, 6) is -0.0802. The van der Waals surface area contributed by atoms with Crippen LogP contribution in [-0.4, -0.2) is 27.9 Å². The Hall–Kier alpha value is -2.05. The standard InChI is InChI=1S/C15H18N2O3S/c1-20-11-12-21(18,19)17-15-10-6-5-9-14(15)16-13-7-3-2-4-8-13/h2-10,16-17H,11-12H2,1H3. The quantitative estimate of drug-likeness (QED) is 0.825. The Balaban J connectivity index is 2.17. The zero-order valence-corrected chi connectivity index (χ0v) is 12.6. The van der Waals surface area contributed by atoms with E-state index in [1.807, 2.05) is 42.5 Å². The minimum Gasteiger partial charge on any atom is -0.384 e. The number of methoxy groups -OCH3 is 1. The van der Waals surface area contributed by atoms with Crippen LogP contribution in [0.1, 0.15) is 0 Å². The fraction of sp³-hybridized carbons (Fsp3) is 0.200. The van der Waals surface area contributed by atoms with Crippen molar-refractivity contribution in [3.05, 3.63) is 54.6 Å². The van der Waals surface area contributed by atoms with Crippen molar-refractivity contribution in [2.45, 2.75) is 0 Å². The molecular weight excluding hydrogens is 288 g/mol. The summed E-state index contributed by atoms with van der Waals surface area (Å²) in [4.78, 5) is 0. The third-order valence-corrected chi connectivity index (χ3v) is 4.04. The van der Waals surface area contributed by atoms with E-state index in [9.17, 15) is 8.42 Å². The number of hydrogen-bond donors (Lipinski definition) is 2. The molecule has 0 amide bonds. The van der Waals surface area contributed by atoms with Gasteiger partial charge in [-0.05, 0) is 24.3 Å². The number of hydrogen-bond acceptors (Lipinski definition) is 4. The van der Waals surface area contributed by atoms with Crippen molar-refractivity contribution in [1.29, 1.82) is 0 Å². The van der Waals surface area contributed by atoms with E-state index < -0.39 is 10.0 Å². The lowest BCUT2D eigenvalue weighted by Crippen LogP contribution is -2.20. The maximum Gasteiger partial charge on any atom is 0.235 e. The molecule has 112 valence electrons. The predicted octanol–water partition coefficient (Wildman–Crippen LogP) is 2.82. The number of ether oxygens (including phenoxy) is 1. The van der Waals surface area contributed by atoms with Crippen LogP contribution in [0.4, 0.5) is 17.1 Å². The molecule has 0 saturated heterocycles. The molecule has 0 saturated carbocycles. The molecule has 0 radical (unpaired) electrons. The second-order valence-corrected chi connectivity index (χ2v) is 6.29. The highest BCUT2D eigenvalue weighted by Gasteiger charge is 2.12. The van der Waals surface area contributed by atoms with Crippen LogP contribution in [0, 0.1) is 0 Å². The van der Waals surface area contributed by atoms with E-state index in [-0.39, 0.29) is 12.4 Å². The number of para-hydroxylation sites is 3. The van der Waals surface area contributed by atoms with Gasteiger partial charge in [0.15, 0.2) is 0 Å². The number of benzene rings is 2. The van der Waals surface area contributed by atoms with Gasteiger partial charge in [-0.1, -0.05) is 30.3 Å². The second-order valence-electron chi connectivity index (χ2n) is 4.45. The zero-order valence-electron chi connectivity index (χ0n) is 11.7. The molecule has 0 aliphatic heterocycles. The zero-order chi connectivity index (χ0) is 15.1. The fourth-order valence-corrected chi connectivity index (χ4v) is 2.77. The molecule has 5 nitrogen and oxygen atoms in total. The Labute approximate surface area is 125 Å². The number of rotatable bonds is 7. The maximum absolute atomic E-state index is 11.9. The van der Waals surface area contributed by atoms with Gasteiger partial charge < -0.3 is 10.1 Å². The van der Waals surface area contributed by atoms with Crippen molar-refractivity contribution < 1.29 is 13.2 Å². The Kier molecular flexibility index (Phi) is 5.19. The van der Waals surface area contributed by atoms with E-state index in [1.54, 1.807) is 12.1 Å². The molecular formula is C15H18N2O3S. The maximum atomic E-state index is 11.9. The lowest BCUT2D eigenvalue weighted by atomic mass is 10.2. The van der Waals surface area contributed by atoms with Crippen LogP contribution in [-0.2, 0) is 14.8 Å². The first-order valence-corrected chi connectivity index (χ1v) is 8.16. The van der Waals surface area contributed by atoms with Gasteiger partial charge in [0.25, 0.3) is 0 Å². The highest BCUT2D eigenvalue weighted by molar-refractivity contribution is 7.92. The SMILES string of the molecule is COCCS(=O)(=O)Nc1ccccc1Nc1ccccc1. The molecule has 0 unspecified atom stereocenters. The Morgan fingerprint density at radius 1 is 0.952 bits per heavy atom. The van der Waals surface area contributed by atoms with Crippen LogP contribution in [0.2, 0.25) is 0 Å². The van der Waals surface area contributed by atoms with Crippen molar-refractivity contribution in [2.75, 3.05) is 29.5 Å². The van der Waals surface area contributed by atoms with Crippen molar-refractivity contribution in [2.24, 2.45) is 0 Å². The Morgan fingerprint density at radius 2 is 1.57 bits per heavy atom. The number of anilines is 3. The van der Waals surface area contributed by atoms with Crippen LogP contribution in [0.15, 0.2) is 54.6 Å². The molecule has 2 aromatic carbocycles. The van der Waals surface area contributed by atoms with Gasteiger partial charge in [0.1, 0.15) is 0 Å². The predicted molar refractivity (Wildman–Crippen MR) is 85.5 cm³/mol. The minimum absolute atomic E-state index is 0.0802. The molecule has 0 aliphatic carbocycles. The summed E-state index contributed by atoms with van der Waals surface area (Å²) < 4.78 is 31.3. The highest BCUT2D eigenvalue weighted by atomic mass is 32.2. The summed E-state index contributed by atoms with van der Waals surface area (Å²) in [5.41, 5.74) is 2.10. The Bertz CT molecular complexity index is 672. The summed E-state index contributed by atoms with van der Waals surface area (Å²) >= 11 is 0. The first-order chi connectivity index (χ1) is 10.1. The first kappa shape index (κ1) is 15.3. The van der Waals surface area contributed by atoms with Gasteiger partial charge in [0.2, 0.25) is 10.0 Å². The summed E-state index contributed by atoms with van der Waals surface area (Å²) in [5, 5.41) is 3.19. The lowest BCUT2D eigenvalue weighted by Gasteiger charge is -2.14. The molecule has 2 aromatic rings. The van der Waals surface area contributed by atoms with Gasteiger partial charge >= 0.3 is 0 Å². The van der Waals surface area contributed by atoms with E-state index >= 15 is 0 Å². The molecule has 0 spiro atoms. The average molecular weight is 306 g/mol. The summed E-state index contributed by atoms with van der Waals surface area (Å²) in [6.45, 7) is 0.156. The third-order valence-electron chi connectivity index (χ3n) is 2.80. The smallest absolute Gasteiger partial charge is 0.235 e. The van der Waals surface area contributed by atoms with E-state index in [0.29, 0.717) is 11.4 Å².